The van der Waals surface area contributed by atoms with Crippen LogP contribution in [0, 0.1) is 6.92 Å². The molecule has 1 fully saturated rings. The number of nitrogens with one attached hydrogen (secondary N) is 1. The Labute approximate surface area is 163 Å². The molecule has 3 rings (SSSR count). The van der Waals surface area contributed by atoms with E-state index in [2.05, 4.69) is 5.32 Å². The monoisotopic (exact) mass is 385 g/mol. The molecule has 1 saturated heterocycles. The van der Waals surface area contributed by atoms with Crippen molar-refractivity contribution in [3.8, 4) is 0 Å². The van der Waals surface area contributed by atoms with Crippen molar-refractivity contribution in [1.82, 2.24) is 5.32 Å². The summed E-state index contributed by atoms with van der Waals surface area (Å²) in [4.78, 5) is 35.2. The fourth-order valence-corrected chi connectivity index (χ4v) is 3.95. The van der Waals surface area contributed by atoms with Gasteiger partial charge in [0.1, 0.15) is 0 Å². The SMILES string of the molecule is Cc1cccc(C(=O)CCO[C@]2(C)C=CC(C[C@@H]3SC(=O)NC3=O)=CC2)c1. The van der Waals surface area contributed by atoms with Gasteiger partial charge in [0.05, 0.1) is 17.5 Å². The molecule has 2 atom stereocenters. The second kappa shape index (κ2) is 8.23. The van der Waals surface area contributed by atoms with E-state index >= 15 is 0 Å². The van der Waals surface area contributed by atoms with Gasteiger partial charge in [0.15, 0.2) is 5.78 Å². The number of carbonyl (C=O) groups excluding carboxylic acids is 3. The Balaban J connectivity index is 1.47. The molecule has 0 unspecified atom stereocenters. The summed E-state index contributed by atoms with van der Waals surface area (Å²) >= 11 is 1.04. The first-order valence-corrected chi connectivity index (χ1v) is 9.86. The Kier molecular flexibility index (Phi) is 5.97. The maximum absolute atomic E-state index is 12.3. The number of ketones is 1. The second-order valence-corrected chi connectivity index (χ2v) is 8.28. The molecule has 5 nitrogen and oxygen atoms in total. The summed E-state index contributed by atoms with van der Waals surface area (Å²) in [5.41, 5.74) is 2.34. The fraction of sp³-hybridized carbons (Fsp3) is 0.381. The predicted octanol–water partition coefficient (Wildman–Crippen LogP) is 3.97. The molecule has 2 aliphatic rings. The van der Waals surface area contributed by atoms with Crippen LogP contribution in [0.5, 0.6) is 0 Å². The van der Waals surface area contributed by atoms with Crippen molar-refractivity contribution in [3.05, 3.63) is 59.2 Å². The normalized spacial score (nSPS) is 24.7. The fourth-order valence-electron chi connectivity index (χ4n) is 3.09. The third kappa shape index (κ3) is 5.17. The lowest BCUT2D eigenvalue weighted by molar-refractivity contribution is -0.118. The molecule has 1 aliphatic carbocycles. The molecule has 2 amide bonds. The number of hydrogen-bond donors (Lipinski definition) is 1. The molecule has 0 bridgehead atoms. The number of hydrogen-bond acceptors (Lipinski definition) is 5. The van der Waals surface area contributed by atoms with E-state index < -0.39 is 5.60 Å². The minimum Gasteiger partial charge on any atom is -0.370 e. The van der Waals surface area contributed by atoms with Crippen LogP contribution in [0.2, 0.25) is 0 Å². The zero-order valence-electron chi connectivity index (χ0n) is 15.5. The standard InChI is InChI=1S/C21H23NO4S/c1-14-4-3-5-16(12-14)17(23)8-11-26-21(2)9-6-15(7-10-21)13-18-19(24)22-20(25)27-18/h3-7,9,12,18H,8,10-11,13H2,1-2H3,(H,22,24,25)/t18-,21+/m0/s1. The topological polar surface area (TPSA) is 72.5 Å². The number of ether oxygens (including phenoxy) is 1. The first-order valence-electron chi connectivity index (χ1n) is 8.98. The summed E-state index contributed by atoms with van der Waals surface area (Å²) in [6, 6.07) is 7.57. The largest absolute Gasteiger partial charge is 0.370 e. The van der Waals surface area contributed by atoms with E-state index in [-0.39, 0.29) is 22.2 Å². The van der Waals surface area contributed by atoms with Gasteiger partial charge in [-0.05, 0) is 32.8 Å². The number of aryl methyl sites for hydroxylation is 1. The lowest BCUT2D eigenvalue weighted by atomic mass is 9.92. The van der Waals surface area contributed by atoms with Crippen molar-refractivity contribution in [2.24, 2.45) is 0 Å². The van der Waals surface area contributed by atoms with E-state index in [1.165, 1.54) is 0 Å². The highest BCUT2D eigenvalue weighted by Gasteiger charge is 2.32. The molecular weight excluding hydrogens is 362 g/mol. The number of carbonyl (C=O) groups is 3. The average Bonchev–Trinajstić information content (AvgIpc) is 2.94. The summed E-state index contributed by atoms with van der Waals surface area (Å²) in [5.74, 6) is -0.147. The number of allylic oxidation sites excluding steroid dienone is 2. The maximum atomic E-state index is 12.3. The van der Waals surface area contributed by atoms with Gasteiger partial charge in [-0.25, -0.2) is 0 Å². The number of benzene rings is 1. The Morgan fingerprint density at radius 1 is 1.37 bits per heavy atom. The highest BCUT2D eigenvalue weighted by atomic mass is 32.2. The summed E-state index contributed by atoms with van der Waals surface area (Å²) in [6.45, 7) is 4.30. The van der Waals surface area contributed by atoms with Crippen LogP contribution in [0.1, 0.15) is 42.1 Å². The molecule has 1 aliphatic heterocycles. The van der Waals surface area contributed by atoms with E-state index in [0.717, 1.165) is 22.9 Å². The third-order valence-corrected chi connectivity index (χ3v) is 5.69. The molecule has 1 heterocycles. The predicted molar refractivity (Wildman–Crippen MR) is 106 cm³/mol. The van der Waals surface area contributed by atoms with Crippen molar-refractivity contribution in [2.75, 3.05) is 6.61 Å². The molecule has 0 aromatic heterocycles. The second-order valence-electron chi connectivity index (χ2n) is 7.11. The van der Waals surface area contributed by atoms with Gasteiger partial charge in [-0.2, -0.15) is 0 Å². The number of imide groups is 1. The van der Waals surface area contributed by atoms with Crippen LogP contribution in [0.4, 0.5) is 4.79 Å². The van der Waals surface area contributed by atoms with Crippen molar-refractivity contribution in [3.63, 3.8) is 0 Å². The molecule has 1 aromatic carbocycles. The van der Waals surface area contributed by atoms with Crippen molar-refractivity contribution in [2.45, 2.75) is 44.0 Å². The smallest absolute Gasteiger partial charge is 0.286 e. The zero-order chi connectivity index (χ0) is 19.4. The van der Waals surface area contributed by atoms with Crippen LogP contribution in [0.3, 0.4) is 0 Å². The number of Topliss-reactive ketones (excluding diaryl/α,β-unsaturated/α-hetero) is 1. The van der Waals surface area contributed by atoms with Crippen LogP contribution < -0.4 is 5.32 Å². The highest BCUT2D eigenvalue weighted by Crippen LogP contribution is 2.30. The first-order chi connectivity index (χ1) is 12.8. The number of amides is 2. The minimum atomic E-state index is -0.461. The van der Waals surface area contributed by atoms with Gasteiger partial charge in [0.2, 0.25) is 5.91 Å². The van der Waals surface area contributed by atoms with Crippen molar-refractivity contribution >= 4 is 28.7 Å². The molecular formula is C21H23NO4S. The summed E-state index contributed by atoms with van der Waals surface area (Å²) in [7, 11) is 0. The Hall–Kier alpha value is -2.18. The van der Waals surface area contributed by atoms with Gasteiger partial charge < -0.3 is 4.74 Å². The Bertz CT molecular complexity index is 829. The van der Waals surface area contributed by atoms with Crippen LogP contribution in [0.15, 0.2) is 48.1 Å². The Morgan fingerprint density at radius 3 is 2.81 bits per heavy atom. The van der Waals surface area contributed by atoms with E-state index in [0.29, 0.717) is 31.4 Å². The van der Waals surface area contributed by atoms with Gasteiger partial charge in [0.25, 0.3) is 5.24 Å². The van der Waals surface area contributed by atoms with E-state index in [1.54, 1.807) is 0 Å². The third-order valence-electron chi connectivity index (χ3n) is 4.71. The molecule has 6 heteroatoms. The summed E-state index contributed by atoms with van der Waals surface area (Å²) in [5, 5.41) is 1.67. The van der Waals surface area contributed by atoms with E-state index in [9.17, 15) is 14.4 Å². The number of thioether (sulfide) groups is 1. The first kappa shape index (κ1) is 19.6. The van der Waals surface area contributed by atoms with Gasteiger partial charge in [0, 0.05) is 12.0 Å². The summed E-state index contributed by atoms with van der Waals surface area (Å²) in [6.07, 6.45) is 7.50. The van der Waals surface area contributed by atoms with Crippen molar-refractivity contribution in [1.29, 1.82) is 0 Å². The summed E-state index contributed by atoms with van der Waals surface area (Å²) < 4.78 is 5.96. The number of rotatable bonds is 7. The molecule has 142 valence electrons. The van der Waals surface area contributed by atoms with E-state index in [1.807, 2.05) is 56.3 Å². The van der Waals surface area contributed by atoms with Crippen molar-refractivity contribution < 1.29 is 19.1 Å². The molecule has 27 heavy (non-hydrogen) atoms. The Morgan fingerprint density at radius 2 is 2.19 bits per heavy atom. The highest BCUT2D eigenvalue weighted by molar-refractivity contribution is 8.15. The molecule has 0 spiro atoms. The minimum absolute atomic E-state index is 0.0762. The van der Waals surface area contributed by atoms with Gasteiger partial charge in [-0.15, -0.1) is 0 Å². The lowest BCUT2D eigenvalue weighted by Crippen LogP contribution is -2.29. The molecule has 0 radical (unpaired) electrons. The van der Waals surface area contributed by atoms with Gasteiger partial charge in [-0.3, -0.25) is 19.7 Å². The zero-order valence-corrected chi connectivity index (χ0v) is 16.3. The lowest BCUT2D eigenvalue weighted by Gasteiger charge is -2.28. The average molecular weight is 385 g/mol. The van der Waals surface area contributed by atoms with Crippen LogP contribution in [-0.2, 0) is 9.53 Å². The molecule has 1 aromatic rings. The van der Waals surface area contributed by atoms with E-state index in [4.69, 9.17) is 4.74 Å². The van der Waals surface area contributed by atoms with Crippen LogP contribution in [-0.4, -0.2) is 34.4 Å². The van der Waals surface area contributed by atoms with Gasteiger partial charge in [-0.1, -0.05) is 59.3 Å². The van der Waals surface area contributed by atoms with Crippen LogP contribution >= 0.6 is 11.8 Å². The quantitative estimate of drug-likeness (QED) is 0.719. The molecule has 0 saturated carbocycles. The van der Waals surface area contributed by atoms with Crippen LogP contribution in [0.25, 0.3) is 0 Å². The van der Waals surface area contributed by atoms with Gasteiger partial charge >= 0.3 is 0 Å². The molecule has 1 N–H and O–H groups in total. The maximum Gasteiger partial charge on any atom is 0.286 e.